The van der Waals surface area contributed by atoms with Crippen molar-refractivity contribution in [3.05, 3.63) is 95.7 Å². The van der Waals surface area contributed by atoms with Crippen LogP contribution in [0.3, 0.4) is 0 Å². The van der Waals surface area contributed by atoms with E-state index in [2.05, 4.69) is 78.4 Å². The fourth-order valence-corrected chi connectivity index (χ4v) is 13.1. The van der Waals surface area contributed by atoms with E-state index in [9.17, 15) is 9.59 Å². The molecule has 2 amide bonds. The monoisotopic (exact) mass is 935 g/mol. The summed E-state index contributed by atoms with van der Waals surface area (Å²) in [6.45, 7) is 6.77. The van der Waals surface area contributed by atoms with Gasteiger partial charge >= 0.3 is 0 Å². The van der Waals surface area contributed by atoms with Crippen LogP contribution in [0.4, 0.5) is 0 Å². The fraction of sp³-hybridized carbons (Fsp3) is 0.446. The number of ether oxygens (including phenoxy) is 1. The van der Waals surface area contributed by atoms with Crippen LogP contribution in [0.5, 0.6) is 5.75 Å². The highest BCUT2D eigenvalue weighted by atomic mass is 16.5. The van der Waals surface area contributed by atoms with Gasteiger partial charge in [0.1, 0.15) is 16.9 Å². The number of amides is 2. The second kappa shape index (κ2) is 16.3. The molecular formula is C56H61N11O3. The Bertz CT molecular complexity index is 3420. The van der Waals surface area contributed by atoms with Crippen LogP contribution >= 0.6 is 0 Å². The number of aromatic nitrogens is 7. The fourth-order valence-electron chi connectivity index (χ4n) is 13.1. The quantitative estimate of drug-likeness (QED) is 0.141. The normalized spacial score (nSPS) is 23.6. The maximum absolute atomic E-state index is 14.5. The average molecular weight is 936 g/mol. The Balaban J connectivity index is 0.716. The van der Waals surface area contributed by atoms with Gasteiger partial charge in [-0.05, 0) is 141 Å². The predicted octanol–water partition coefficient (Wildman–Crippen LogP) is 7.97. The number of methoxy groups -OCH3 is 1. The molecule has 14 heteroatoms. The van der Waals surface area contributed by atoms with Gasteiger partial charge in [-0.25, -0.2) is 15.0 Å². The van der Waals surface area contributed by atoms with Crippen LogP contribution in [0.25, 0.3) is 67.0 Å². The zero-order valence-corrected chi connectivity index (χ0v) is 40.4. The first-order chi connectivity index (χ1) is 34.2. The summed E-state index contributed by atoms with van der Waals surface area (Å²) in [7, 11) is 5.82. The van der Waals surface area contributed by atoms with Crippen LogP contribution in [-0.2, 0) is 27.2 Å². The number of nitrogens with zero attached hydrogens (tertiary/aromatic N) is 9. The van der Waals surface area contributed by atoms with E-state index < -0.39 is 0 Å². The maximum atomic E-state index is 14.5. The Morgan fingerprint density at radius 2 is 1.41 bits per heavy atom. The second-order valence-electron chi connectivity index (χ2n) is 21.6. The molecule has 0 radical (unpaired) electrons. The zero-order chi connectivity index (χ0) is 46.9. The summed E-state index contributed by atoms with van der Waals surface area (Å²) in [5.74, 6) is 5.31. The third-order valence-electron chi connectivity index (χ3n) is 17.3. The third kappa shape index (κ3) is 6.98. The Labute approximate surface area is 407 Å². The summed E-state index contributed by atoms with van der Waals surface area (Å²) in [6.07, 6.45) is 10.1. The lowest BCUT2D eigenvalue weighted by atomic mass is 9.80. The highest BCUT2D eigenvalue weighted by molar-refractivity contribution is 6.01. The van der Waals surface area contributed by atoms with Gasteiger partial charge in [0.15, 0.2) is 11.6 Å². The van der Waals surface area contributed by atoms with Crippen LogP contribution in [0.15, 0.2) is 79.0 Å². The Kier molecular flexibility index (Phi) is 9.85. The van der Waals surface area contributed by atoms with E-state index in [1.807, 2.05) is 53.4 Å². The molecule has 6 aliphatic rings. The minimum Gasteiger partial charge on any atom is -0.494 e. The molecule has 3 aromatic carbocycles. The van der Waals surface area contributed by atoms with Gasteiger partial charge in [0.25, 0.3) is 11.8 Å². The molecule has 4 aliphatic heterocycles. The van der Waals surface area contributed by atoms with Gasteiger partial charge in [0.05, 0.1) is 35.0 Å². The minimum absolute atomic E-state index is 0.0151. The summed E-state index contributed by atoms with van der Waals surface area (Å²) in [5.41, 5.74) is 10.6. The highest BCUT2D eigenvalue weighted by Crippen LogP contribution is 2.43. The van der Waals surface area contributed by atoms with Crippen molar-refractivity contribution in [1.82, 2.24) is 53.7 Å². The number of fused-ring (bicyclic) bond motifs is 6. The van der Waals surface area contributed by atoms with Crippen LogP contribution < -0.4 is 15.4 Å². The lowest BCUT2D eigenvalue weighted by molar-refractivity contribution is 0.0659. The summed E-state index contributed by atoms with van der Waals surface area (Å²) < 4.78 is 15.1. The second-order valence-corrected chi connectivity index (χ2v) is 21.6. The van der Waals surface area contributed by atoms with Crippen LogP contribution in [-0.4, -0.2) is 113 Å². The van der Waals surface area contributed by atoms with Crippen molar-refractivity contribution < 1.29 is 14.3 Å². The molecule has 2 aliphatic carbocycles. The number of carbonyl (C=O) groups excluding carboxylic acids is 2. The van der Waals surface area contributed by atoms with Gasteiger partial charge in [0, 0.05) is 112 Å². The van der Waals surface area contributed by atoms with Gasteiger partial charge in [-0.15, -0.1) is 0 Å². The summed E-state index contributed by atoms with van der Waals surface area (Å²) in [5, 5.41) is 9.80. The van der Waals surface area contributed by atoms with Crippen LogP contribution in [0.2, 0.25) is 0 Å². The number of piperidine rings is 2. The Hall–Kier alpha value is -6.51. The molecule has 70 heavy (non-hydrogen) atoms. The molecule has 3 unspecified atom stereocenters. The van der Waals surface area contributed by atoms with E-state index in [4.69, 9.17) is 19.7 Å². The van der Waals surface area contributed by atoms with Crippen molar-refractivity contribution in [1.29, 1.82) is 0 Å². The molecule has 0 spiro atoms. The van der Waals surface area contributed by atoms with Gasteiger partial charge in [-0.3, -0.25) is 9.59 Å². The molecular weight excluding hydrogens is 875 g/mol. The molecule has 2 N–H and O–H groups in total. The number of carbonyl (C=O) groups is 2. The van der Waals surface area contributed by atoms with E-state index in [-0.39, 0.29) is 17.9 Å². The molecule has 2 saturated carbocycles. The van der Waals surface area contributed by atoms with Gasteiger partial charge in [-0.1, -0.05) is 12.1 Å². The van der Waals surface area contributed by atoms with Crippen molar-refractivity contribution in [2.45, 2.75) is 76.0 Å². The van der Waals surface area contributed by atoms with E-state index in [1.165, 1.54) is 48.6 Å². The number of benzene rings is 3. The first-order valence-electron chi connectivity index (χ1n) is 25.9. The predicted molar refractivity (Wildman–Crippen MR) is 272 cm³/mol. The van der Waals surface area contributed by atoms with Crippen LogP contribution in [0.1, 0.15) is 77.1 Å². The van der Waals surface area contributed by atoms with E-state index >= 15 is 0 Å². The maximum Gasteiger partial charge on any atom is 0.254 e. The van der Waals surface area contributed by atoms with Gasteiger partial charge in [0.2, 0.25) is 0 Å². The molecule has 358 valence electrons. The molecule has 5 aromatic heterocycles. The molecule has 8 aromatic rings. The van der Waals surface area contributed by atoms with Crippen LogP contribution in [0, 0.1) is 23.7 Å². The van der Waals surface area contributed by atoms with Gasteiger partial charge < -0.3 is 43.4 Å². The van der Waals surface area contributed by atoms with Crippen molar-refractivity contribution in [2.24, 2.45) is 37.8 Å². The smallest absolute Gasteiger partial charge is 0.254 e. The zero-order valence-electron chi connectivity index (χ0n) is 40.4. The summed E-state index contributed by atoms with van der Waals surface area (Å²) >= 11 is 0. The number of likely N-dealkylation sites (tertiary alicyclic amines) is 2. The number of imidazole rings is 2. The molecule has 14 rings (SSSR count). The number of hydrogen-bond acceptors (Lipinski definition) is 8. The highest BCUT2D eigenvalue weighted by Gasteiger charge is 2.42. The van der Waals surface area contributed by atoms with E-state index in [1.54, 1.807) is 7.11 Å². The van der Waals surface area contributed by atoms with Crippen molar-refractivity contribution in [2.75, 3.05) is 46.4 Å². The molecule has 14 nitrogen and oxygen atoms in total. The van der Waals surface area contributed by atoms with E-state index in [0.717, 1.165) is 108 Å². The summed E-state index contributed by atoms with van der Waals surface area (Å²) in [6, 6.07) is 26.2. The standard InChI is InChI=1S/C56H61N11O3/c1-62-46-13-12-38(55(68)64-19-15-34-14-18-57-44(34)30-64)21-42(46)60-53(62)48-24-36-11-10-35(23-47(36)66(48)28-32-6-7-32)41-27-59-45-31-65(20-16-40(41)45)56(69)39-22-43-51(50(26-39)70-3)63(2)54(61-43)49-25-37-5-4-17-58-52(37)67(49)29-33-8-9-33/h4-5,10-13,17,21-26,32-34,40-41,44-45,57,59H,6-9,14-16,18-20,27-31H2,1-3H3/t34-,40?,41?,44+,45?/m1/s1. The van der Waals surface area contributed by atoms with Crippen molar-refractivity contribution >= 4 is 55.8 Å². The number of pyridine rings is 1. The molecule has 5 atom stereocenters. The van der Waals surface area contributed by atoms with Crippen molar-refractivity contribution in [3.8, 4) is 28.8 Å². The number of nitrogens with one attached hydrogen (secondary N) is 2. The average Bonchev–Trinajstić information content (AvgIpc) is 4.05. The minimum atomic E-state index is 0.0151. The molecule has 6 fully saturated rings. The number of aryl methyl sites for hydroxylation is 2. The first kappa shape index (κ1) is 42.4. The van der Waals surface area contributed by atoms with Crippen molar-refractivity contribution in [3.63, 3.8) is 0 Å². The topological polar surface area (TPSA) is 132 Å². The molecule has 4 saturated heterocycles. The third-order valence-corrected chi connectivity index (χ3v) is 17.3. The Morgan fingerprint density at radius 1 is 0.686 bits per heavy atom. The number of hydrogen-bond donors (Lipinski definition) is 2. The summed E-state index contributed by atoms with van der Waals surface area (Å²) in [4.78, 5) is 47.6. The SMILES string of the molecule is COc1cc(C(=O)N2CCC3C(C2)NCC3c2ccc3cc(-c4nc5cc(C(=O)N6CC[C@H]7CCN[C@H]7C6)ccc5n4C)n(CC4CC4)c3c2)cc2nc(-c3cc4cccnc4n3CC3CC3)n(C)c12. The number of rotatable bonds is 10. The lowest BCUT2D eigenvalue weighted by Gasteiger charge is -2.36. The largest absolute Gasteiger partial charge is 0.494 e. The van der Waals surface area contributed by atoms with Gasteiger partial charge in [-0.2, -0.15) is 0 Å². The Morgan fingerprint density at radius 3 is 2.24 bits per heavy atom. The molecule has 9 heterocycles. The molecule has 0 bridgehead atoms. The first-order valence-corrected chi connectivity index (χ1v) is 25.9. The van der Waals surface area contributed by atoms with E-state index in [0.29, 0.717) is 65.6 Å². The lowest BCUT2D eigenvalue weighted by Crippen LogP contribution is -2.49.